The van der Waals surface area contributed by atoms with E-state index in [-0.39, 0.29) is 5.56 Å². The van der Waals surface area contributed by atoms with Gasteiger partial charge in [0.2, 0.25) is 5.43 Å². The number of nitrogens with zero attached hydrogens (tertiary/aromatic N) is 1. The van der Waals surface area contributed by atoms with E-state index in [0.29, 0.717) is 44.9 Å². The van der Waals surface area contributed by atoms with Gasteiger partial charge in [0.25, 0.3) is 0 Å². The van der Waals surface area contributed by atoms with Gasteiger partial charge in [-0.15, -0.1) is 0 Å². The number of fused-ring (bicyclic) bond motifs is 1. The Labute approximate surface area is 169 Å². The third-order valence-electron chi connectivity index (χ3n) is 4.20. The van der Waals surface area contributed by atoms with Crippen LogP contribution in [0.1, 0.15) is 29.3 Å². The zero-order chi connectivity index (χ0) is 21.6. The van der Waals surface area contributed by atoms with Crippen molar-refractivity contribution in [3.8, 4) is 0 Å². The third-order valence-corrected chi connectivity index (χ3v) is 4.20. The summed E-state index contributed by atoms with van der Waals surface area (Å²) >= 11 is 0. The fourth-order valence-electron chi connectivity index (χ4n) is 2.83. The van der Waals surface area contributed by atoms with Crippen molar-refractivity contribution in [3.63, 3.8) is 0 Å². The molecule has 0 aliphatic carbocycles. The summed E-state index contributed by atoms with van der Waals surface area (Å²) in [4.78, 5) is 23.8. The number of carboxylic acid groups (broad SMARTS) is 1. The number of hydrogen-bond acceptors (Lipinski definition) is 7. The minimum Gasteiger partial charge on any atom is -0.477 e. The molecule has 162 valence electrons. The van der Waals surface area contributed by atoms with Crippen LogP contribution >= 0.6 is 0 Å². The van der Waals surface area contributed by atoms with E-state index >= 15 is 0 Å². The Kier molecular flexibility index (Phi) is 11.8. The number of aromatic nitrogens is 1. The number of benzene rings is 1. The van der Waals surface area contributed by atoms with Crippen molar-refractivity contribution >= 4 is 16.9 Å². The Hall–Kier alpha value is -2.30. The molecule has 9 nitrogen and oxygen atoms in total. The molecule has 0 radical (unpaired) electrons. The lowest BCUT2D eigenvalue weighted by atomic mass is 10.0. The summed E-state index contributed by atoms with van der Waals surface area (Å²) in [5.41, 5.74) is 3.06. The molecule has 2 aromatic rings. The Bertz CT molecular complexity index is 820. The average molecular weight is 410 g/mol. The van der Waals surface area contributed by atoms with Crippen molar-refractivity contribution in [2.75, 3.05) is 40.1 Å². The molecule has 1 aromatic carbocycles. The first-order chi connectivity index (χ1) is 14.1. The first-order valence-electron chi connectivity index (χ1n) is 9.45. The molecule has 9 heteroatoms. The lowest BCUT2D eigenvalue weighted by Gasteiger charge is -2.11. The molecule has 0 amide bonds. The van der Waals surface area contributed by atoms with Crippen LogP contribution in [0.4, 0.5) is 0 Å². The van der Waals surface area contributed by atoms with E-state index in [1.54, 1.807) is 10.6 Å². The van der Waals surface area contributed by atoms with Gasteiger partial charge in [-0.25, -0.2) is 10.3 Å². The van der Waals surface area contributed by atoms with Crippen LogP contribution in [-0.2, 0) is 22.4 Å². The standard InChI is InChI=1S/C19H26N2O6.CH4O/c1-2-21-13-16(19(23)24)18(22)15-12-14(5-6-17(15)21)4-3-8-26-10-11-27-9-7-20-25;1-2/h5-6,12-13,20,25H,2-4,7-11H2,1H3,(H,23,24);2H,1H3. The van der Waals surface area contributed by atoms with E-state index in [1.165, 1.54) is 6.20 Å². The minimum atomic E-state index is -1.21. The maximum absolute atomic E-state index is 12.5. The van der Waals surface area contributed by atoms with E-state index < -0.39 is 11.4 Å². The topological polar surface area (TPSA) is 130 Å². The predicted molar refractivity (Wildman–Crippen MR) is 109 cm³/mol. The second-order valence-corrected chi connectivity index (χ2v) is 6.05. The Morgan fingerprint density at radius 3 is 2.45 bits per heavy atom. The number of nitrogens with one attached hydrogen (secondary N) is 1. The normalized spacial score (nSPS) is 10.6. The largest absolute Gasteiger partial charge is 0.477 e. The van der Waals surface area contributed by atoms with Gasteiger partial charge in [-0.1, -0.05) is 6.07 Å². The average Bonchev–Trinajstić information content (AvgIpc) is 2.74. The SMILES string of the molecule is CCn1cc(C(=O)O)c(=O)c2cc(CCCOCCOCCNO)ccc21.CO. The molecule has 1 aromatic heterocycles. The molecule has 0 fully saturated rings. The molecule has 1 heterocycles. The number of pyridine rings is 1. The fraction of sp³-hybridized carbons (Fsp3) is 0.500. The highest BCUT2D eigenvalue weighted by atomic mass is 16.5. The van der Waals surface area contributed by atoms with Crippen LogP contribution in [0, 0.1) is 0 Å². The number of aryl methyl sites for hydroxylation is 2. The minimum absolute atomic E-state index is 0.207. The molecule has 2 rings (SSSR count). The van der Waals surface area contributed by atoms with Gasteiger partial charge in [-0.2, -0.15) is 0 Å². The number of rotatable bonds is 12. The molecule has 0 spiro atoms. The zero-order valence-electron chi connectivity index (χ0n) is 16.9. The summed E-state index contributed by atoms with van der Waals surface area (Å²) in [6.07, 6.45) is 2.91. The van der Waals surface area contributed by atoms with Crippen LogP contribution < -0.4 is 10.9 Å². The highest BCUT2D eigenvalue weighted by Crippen LogP contribution is 2.16. The first kappa shape index (κ1) is 24.7. The van der Waals surface area contributed by atoms with Crippen LogP contribution in [0.3, 0.4) is 0 Å². The number of ether oxygens (including phenoxy) is 2. The quantitative estimate of drug-likeness (QED) is 0.304. The number of aromatic carboxylic acids is 1. The van der Waals surface area contributed by atoms with Gasteiger partial charge >= 0.3 is 5.97 Å². The number of aliphatic hydroxyl groups excluding tert-OH is 1. The summed E-state index contributed by atoms with van der Waals surface area (Å²) in [6, 6.07) is 5.60. The van der Waals surface area contributed by atoms with E-state index in [9.17, 15) is 14.7 Å². The van der Waals surface area contributed by atoms with Gasteiger partial charge in [-0.05, 0) is 37.5 Å². The Morgan fingerprint density at radius 1 is 1.14 bits per heavy atom. The smallest absolute Gasteiger partial charge is 0.341 e. The van der Waals surface area contributed by atoms with Crippen LogP contribution in [-0.4, -0.2) is 66.0 Å². The van der Waals surface area contributed by atoms with Crippen LogP contribution in [0.2, 0.25) is 0 Å². The second kappa shape index (κ2) is 13.8. The lowest BCUT2D eigenvalue weighted by Crippen LogP contribution is -2.18. The van der Waals surface area contributed by atoms with E-state index in [2.05, 4.69) is 0 Å². The lowest BCUT2D eigenvalue weighted by molar-refractivity contribution is 0.0365. The molecule has 29 heavy (non-hydrogen) atoms. The van der Waals surface area contributed by atoms with Crippen molar-refractivity contribution < 1.29 is 29.7 Å². The maximum Gasteiger partial charge on any atom is 0.341 e. The van der Waals surface area contributed by atoms with Gasteiger partial charge in [-0.3, -0.25) is 4.79 Å². The number of carboxylic acids is 1. The summed E-state index contributed by atoms with van der Waals surface area (Å²) in [5.74, 6) is -1.21. The molecule has 0 aliphatic rings. The van der Waals surface area contributed by atoms with Crippen molar-refractivity contribution in [2.45, 2.75) is 26.3 Å². The number of aliphatic hydroxyl groups is 1. The second-order valence-electron chi connectivity index (χ2n) is 6.05. The molecule has 0 saturated heterocycles. The summed E-state index contributed by atoms with van der Waals surface area (Å²) in [7, 11) is 1.00. The molecular weight excluding hydrogens is 380 g/mol. The molecule has 0 bridgehead atoms. The molecule has 0 saturated carbocycles. The predicted octanol–water partition coefficient (Wildman–Crippen LogP) is 1.27. The van der Waals surface area contributed by atoms with E-state index in [1.807, 2.05) is 24.5 Å². The Morgan fingerprint density at radius 2 is 1.83 bits per heavy atom. The van der Waals surface area contributed by atoms with Crippen LogP contribution in [0.25, 0.3) is 10.9 Å². The van der Waals surface area contributed by atoms with Crippen LogP contribution in [0.15, 0.2) is 29.2 Å². The summed E-state index contributed by atoms with van der Waals surface area (Å²) < 4.78 is 12.5. The number of hydrogen-bond donors (Lipinski definition) is 4. The van der Waals surface area contributed by atoms with E-state index in [0.717, 1.165) is 31.0 Å². The molecule has 4 N–H and O–H groups in total. The van der Waals surface area contributed by atoms with Crippen molar-refractivity contribution in [1.29, 1.82) is 0 Å². The fourth-order valence-corrected chi connectivity index (χ4v) is 2.83. The molecular formula is C20H30N2O7. The van der Waals surface area contributed by atoms with Gasteiger partial charge in [0.15, 0.2) is 0 Å². The number of hydroxylamine groups is 1. The maximum atomic E-state index is 12.5. The zero-order valence-corrected chi connectivity index (χ0v) is 16.9. The first-order valence-corrected chi connectivity index (χ1v) is 9.45. The monoisotopic (exact) mass is 410 g/mol. The van der Waals surface area contributed by atoms with Gasteiger partial charge in [0.05, 0.1) is 25.3 Å². The highest BCUT2D eigenvalue weighted by Gasteiger charge is 2.14. The van der Waals surface area contributed by atoms with E-state index in [4.69, 9.17) is 19.8 Å². The molecule has 0 atom stereocenters. The molecule has 0 aliphatic heterocycles. The van der Waals surface area contributed by atoms with Gasteiger partial charge in [0, 0.05) is 38.4 Å². The van der Waals surface area contributed by atoms with Crippen molar-refractivity contribution in [3.05, 3.63) is 45.7 Å². The van der Waals surface area contributed by atoms with Crippen molar-refractivity contribution in [1.82, 2.24) is 10.0 Å². The summed E-state index contributed by atoms with van der Waals surface area (Å²) in [6.45, 7) is 4.80. The summed E-state index contributed by atoms with van der Waals surface area (Å²) in [5, 5.41) is 25.1. The van der Waals surface area contributed by atoms with Crippen LogP contribution in [0.5, 0.6) is 0 Å². The third kappa shape index (κ3) is 7.56. The molecule has 0 unspecified atom stereocenters. The van der Waals surface area contributed by atoms with Gasteiger partial charge < -0.3 is 29.5 Å². The van der Waals surface area contributed by atoms with Gasteiger partial charge in [0.1, 0.15) is 5.56 Å². The number of carbonyl (C=O) groups is 1. The highest BCUT2D eigenvalue weighted by molar-refractivity contribution is 5.92. The van der Waals surface area contributed by atoms with Crippen molar-refractivity contribution in [2.24, 2.45) is 0 Å². The Balaban J connectivity index is 0.00000204.